The molecule has 2 aliphatic rings. The molecule has 1 aromatic carbocycles. The van der Waals surface area contributed by atoms with E-state index < -0.39 is 10.0 Å². The number of rotatable bonds is 6. The van der Waals surface area contributed by atoms with Gasteiger partial charge in [-0.3, -0.25) is 4.79 Å². The molecule has 1 saturated heterocycles. The number of halogens is 1. The number of nitrogens with zero attached hydrogens (tertiary/aromatic N) is 1. The van der Waals surface area contributed by atoms with Crippen molar-refractivity contribution in [2.24, 2.45) is 5.92 Å². The standard InChI is InChI=1S/C20H27BrN2O3S/c21-19-8-6-17(7-9-19)15-27(25,26)23-12-10-18(11-13-23)20(24)22-14-16-4-2-1-3-5-16/h4,6-9,18H,1-3,5,10-15H2,(H,22,24). The van der Waals surface area contributed by atoms with Gasteiger partial charge in [0.05, 0.1) is 5.75 Å². The Kier molecular flexibility index (Phi) is 7.11. The minimum atomic E-state index is -3.35. The lowest BCUT2D eigenvalue weighted by Gasteiger charge is -2.30. The van der Waals surface area contributed by atoms with Crippen LogP contribution in [0.25, 0.3) is 0 Å². The van der Waals surface area contributed by atoms with Crippen LogP contribution >= 0.6 is 15.9 Å². The van der Waals surface area contributed by atoms with Crippen molar-refractivity contribution in [3.05, 3.63) is 46.0 Å². The van der Waals surface area contributed by atoms with E-state index in [9.17, 15) is 13.2 Å². The number of carbonyl (C=O) groups excluding carboxylic acids is 1. The first-order valence-electron chi connectivity index (χ1n) is 9.62. The topological polar surface area (TPSA) is 66.5 Å². The van der Waals surface area contributed by atoms with Gasteiger partial charge in [0.1, 0.15) is 0 Å². The van der Waals surface area contributed by atoms with Crippen molar-refractivity contribution in [2.75, 3.05) is 19.6 Å². The predicted octanol–water partition coefficient (Wildman–Crippen LogP) is 3.61. The monoisotopic (exact) mass is 454 g/mol. The SMILES string of the molecule is O=C(NCC1=CCCCC1)C1CCN(S(=O)(=O)Cc2ccc(Br)cc2)CC1. The van der Waals surface area contributed by atoms with Gasteiger partial charge < -0.3 is 5.32 Å². The average molecular weight is 455 g/mol. The summed E-state index contributed by atoms with van der Waals surface area (Å²) in [5.41, 5.74) is 2.10. The Morgan fingerprint density at radius 2 is 1.85 bits per heavy atom. The molecule has 1 amide bonds. The fraction of sp³-hybridized carbons (Fsp3) is 0.550. The summed E-state index contributed by atoms with van der Waals surface area (Å²) in [6.45, 7) is 1.47. The van der Waals surface area contributed by atoms with Gasteiger partial charge in [-0.05, 0) is 56.2 Å². The molecule has 0 bridgehead atoms. The zero-order chi connectivity index (χ0) is 19.3. The molecule has 27 heavy (non-hydrogen) atoms. The molecule has 1 aliphatic carbocycles. The molecule has 148 valence electrons. The van der Waals surface area contributed by atoms with Gasteiger partial charge in [-0.15, -0.1) is 0 Å². The van der Waals surface area contributed by atoms with Crippen molar-refractivity contribution < 1.29 is 13.2 Å². The lowest BCUT2D eigenvalue weighted by molar-refractivity contribution is -0.125. The van der Waals surface area contributed by atoms with Gasteiger partial charge in [0.25, 0.3) is 0 Å². The van der Waals surface area contributed by atoms with Gasteiger partial charge in [-0.25, -0.2) is 12.7 Å². The van der Waals surface area contributed by atoms with Crippen LogP contribution in [0, 0.1) is 5.92 Å². The highest BCUT2D eigenvalue weighted by atomic mass is 79.9. The largest absolute Gasteiger partial charge is 0.352 e. The maximum absolute atomic E-state index is 12.7. The molecule has 5 nitrogen and oxygen atoms in total. The molecule has 1 aliphatic heterocycles. The maximum atomic E-state index is 12.7. The Balaban J connectivity index is 1.47. The predicted molar refractivity (Wildman–Crippen MR) is 111 cm³/mol. The number of carbonyl (C=O) groups is 1. The summed E-state index contributed by atoms with van der Waals surface area (Å²) >= 11 is 3.36. The Morgan fingerprint density at radius 3 is 2.48 bits per heavy atom. The molecule has 1 fully saturated rings. The molecular formula is C20H27BrN2O3S. The van der Waals surface area contributed by atoms with Gasteiger partial charge >= 0.3 is 0 Å². The van der Waals surface area contributed by atoms with Crippen molar-refractivity contribution >= 4 is 31.9 Å². The van der Waals surface area contributed by atoms with Crippen LogP contribution in [-0.2, 0) is 20.6 Å². The van der Waals surface area contributed by atoms with E-state index in [1.54, 1.807) is 0 Å². The molecule has 7 heteroatoms. The van der Waals surface area contributed by atoms with Crippen molar-refractivity contribution in [3.63, 3.8) is 0 Å². The molecule has 3 rings (SSSR count). The number of nitrogens with one attached hydrogen (secondary N) is 1. The summed E-state index contributed by atoms with van der Waals surface area (Å²) in [5, 5.41) is 3.04. The van der Waals surface area contributed by atoms with Crippen LogP contribution < -0.4 is 5.32 Å². The van der Waals surface area contributed by atoms with E-state index in [-0.39, 0.29) is 17.6 Å². The molecule has 1 aromatic rings. The number of sulfonamides is 1. The van der Waals surface area contributed by atoms with E-state index >= 15 is 0 Å². The van der Waals surface area contributed by atoms with Gasteiger partial charge in [0.15, 0.2) is 0 Å². The Labute approximate surface area is 170 Å². The normalized spacial score (nSPS) is 19.5. The van der Waals surface area contributed by atoms with Crippen LogP contribution in [0.4, 0.5) is 0 Å². The second kappa shape index (κ2) is 9.34. The van der Waals surface area contributed by atoms with E-state index in [4.69, 9.17) is 0 Å². The summed E-state index contributed by atoms with van der Waals surface area (Å²) < 4.78 is 27.8. The molecule has 0 radical (unpaired) electrons. The van der Waals surface area contributed by atoms with Gasteiger partial charge in [-0.1, -0.05) is 39.7 Å². The molecule has 1 N–H and O–H groups in total. The first kappa shape index (κ1) is 20.6. The molecule has 0 atom stereocenters. The van der Waals surface area contributed by atoms with Crippen molar-refractivity contribution in [1.82, 2.24) is 9.62 Å². The highest BCUT2D eigenvalue weighted by Crippen LogP contribution is 2.23. The van der Waals surface area contributed by atoms with Crippen LogP contribution in [0.1, 0.15) is 44.1 Å². The summed E-state index contributed by atoms with van der Waals surface area (Å²) in [6, 6.07) is 7.34. The minimum Gasteiger partial charge on any atom is -0.352 e. The Morgan fingerprint density at radius 1 is 1.15 bits per heavy atom. The van der Waals surface area contributed by atoms with E-state index in [1.807, 2.05) is 24.3 Å². The molecule has 0 spiro atoms. The smallest absolute Gasteiger partial charge is 0.223 e. The quantitative estimate of drug-likeness (QED) is 0.667. The number of amides is 1. The highest BCUT2D eigenvalue weighted by Gasteiger charge is 2.31. The van der Waals surface area contributed by atoms with Crippen LogP contribution in [-0.4, -0.2) is 38.3 Å². The van der Waals surface area contributed by atoms with Crippen LogP contribution in [0.3, 0.4) is 0 Å². The third-order valence-electron chi connectivity index (χ3n) is 5.36. The fourth-order valence-electron chi connectivity index (χ4n) is 3.69. The van der Waals surface area contributed by atoms with Gasteiger partial charge in [-0.2, -0.15) is 0 Å². The molecule has 0 aromatic heterocycles. The van der Waals surface area contributed by atoms with Crippen LogP contribution in [0.5, 0.6) is 0 Å². The Hall–Kier alpha value is -1.18. The first-order valence-corrected chi connectivity index (χ1v) is 12.0. The molecule has 0 unspecified atom stereocenters. The third kappa shape index (κ3) is 5.90. The summed E-state index contributed by atoms with van der Waals surface area (Å²) in [5.74, 6) is -0.0228. The molecule has 1 heterocycles. The van der Waals surface area contributed by atoms with E-state index in [1.165, 1.54) is 22.7 Å². The first-order chi connectivity index (χ1) is 12.9. The molecular weight excluding hydrogens is 428 g/mol. The second-order valence-corrected chi connectivity index (χ2v) is 10.3. The average Bonchev–Trinajstić information content (AvgIpc) is 2.69. The molecule has 0 saturated carbocycles. The second-order valence-electron chi connectivity index (χ2n) is 7.38. The summed E-state index contributed by atoms with van der Waals surface area (Å²) in [6.07, 6.45) is 8.05. The van der Waals surface area contributed by atoms with E-state index in [2.05, 4.69) is 27.3 Å². The third-order valence-corrected chi connectivity index (χ3v) is 7.73. The lowest BCUT2D eigenvalue weighted by Crippen LogP contribution is -2.43. The van der Waals surface area contributed by atoms with Crippen molar-refractivity contribution in [1.29, 1.82) is 0 Å². The van der Waals surface area contributed by atoms with E-state index in [0.717, 1.165) is 22.9 Å². The van der Waals surface area contributed by atoms with Crippen molar-refractivity contribution in [3.8, 4) is 0 Å². The van der Waals surface area contributed by atoms with E-state index in [0.29, 0.717) is 32.5 Å². The summed E-state index contributed by atoms with van der Waals surface area (Å²) in [7, 11) is -3.35. The minimum absolute atomic E-state index is 0.00526. The fourth-order valence-corrected chi connectivity index (χ4v) is 5.52. The van der Waals surface area contributed by atoms with Crippen LogP contribution in [0.15, 0.2) is 40.4 Å². The number of piperidine rings is 1. The van der Waals surface area contributed by atoms with Gasteiger partial charge in [0.2, 0.25) is 15.9 Å². The van der Waals surface area contributed by atoms with Crippen LogP contribution in [0.2, 0.25) is 0 Å². The number of hydrogen-bond donors (Lipinski definition) is 1. The highest BCUT2D eigenvalue weighted by molar-refractivity contribution is 9.10. The number of hydrogen-bond acceptors (Lipinski definition) is 3. The van der Waals surface area contributed by atoms with Crippen molar-refractivity contribution in [2.45, 2.75) is 44.3 Å². The maximum Gasteiger partial charge on any atom is 0.223 e. The zero-order valence-corrected chi connectivity index (χ0v) is 17.9. The number of allylic oxidation sites excluding steroid dienone is 1. The summed E-state index contributed by atoms with van der Waals surface area (Å²) in [4.78, 5) is 12.4. The lowest BCUT2D eigenvalue weighted by atomic mass is 9.96. The number of benzene rings is 1. The van der Waals surface area contributed by atoms with Gasteiger partial charge in [0, 0.05) is 30.0 Å². The Bertz CT molecular complexity index is 782. The zero-order valence-electron chi connectivity index (χ0n) is 15.5.